The number of aryl methyl sites for hydroxylation is 1. The van der Waals surface area contributed by atoms with E-state index < -0.39 is 0 Å². The number of nitrogens with one attached hydrogen (secondary N) is 2. The Kier molecular flexibility index (Phi) is 7.28. The number of hydrogen-bond donors (Lipinski definition) is 3. The van der Waals surface area contributed by atoms with Gasteiger partial charge >= 0.3 is 0 Å². The van der Waals surface area contributed by atoms with Crippen molar-refractivity contribution in [2.75, 3.05) is 6.54 Å². The van der Waals surface area contributed by atoms with Gasteiger partial charge in [-0.2, -0.15) is 0 Å². The predicted octanol–water partition coefficient (Wildman–Crippen LogP) is 4.03. The Morgan fingerprint density at radius 2 is 1.88 bits per heavy atom. The van der Waals surface area contributed by atoms with E-state index in [1.165, 1.54) is 25.7 Å². The van der Waals surface area contributed by atoms with Gasteiger partial charge in [0.1, 0.15) is 0 Å². The van der Waals surface area contributed by atoms with Crippen LogP contribution < -0.4 is 11.3 Å². The maximum absolute atomic E-state index is 13.4. The summed E-state index contributed by atoms with van der Waals surface area (Å²) in [5.41, 5.74) is 8.05. The van der Waals surface area contributed by atoms with E-state index in [0.29, 0.717) is 24.3 Å². The van der Waals surface area contributed by atoms with Crippen molar-refractivity contribution in [3.8, 4) is 0 Å². The Labute approximate surface area is 195 Å². The van der Waals surface area contributed by atoms with Gasteiger partial charge in [-0.1, -0.05) is 31.0 Å². The van der Waals surface area contributed by atoms with Gasteiger partial charge in [-0.15, -0.1) is 0 Å². The number of unbranched alkanes of at least 4 members (excludes halogenated alkanes) is 2. The summed E-state index contributed by atoms with van der Waals surface area (Å²) >= 11 is 0. The molecule has 0 unspecified atom stereocenters. The number of nitrogen functional groups attached to an aromatic ring is 1. The van der Waals surface area contributed by atoms with Gasteiger partial charge in [0.15, 0.2) is 11.7 Å². The number of rotatable bonds is 9. The third kappa shape index (κ3) is 5.36. The highest BCUT2D eigenvalue weighted by atomic mass is 16.1. The topological polar surface area (TPSA) is 104 Å². The van der Waals surface area contributed by atoms with E-state index in [0.717, 1.165) is 48.1 Å². The van der Waals surface area contributed by atoms with Crippen LogP contribution in [-0.4, -0.2) is 43.9 Å². The summed E-state index contributed by atoms with van der Waals surface area (Å²) < 4.78 is 1.93. The van der Waals surface area contributed by atoms with Gasteiger partial charge in [0.05, 0.1) is 5.52 Å². The zero-order chi connectivity index (χ0) is 23.4. The summed E-state index contributed by atoms with van der Waals surface area (Å²) in [6.07, 6.45) is 9.33. The molecule has 0 amide bonds. The molecule has 3 aromatic rings. The van der Waals surface area contributed by atoms with Crippen molar-refractivity contribution in [1.82, 2.24) is 19.4 Å². The lowest BCUT2D eigenvalue weighted by Crippen LogP contribution is -2.44. The first kappa shape index (κ1) is 23.2. The number of nitrogens with zero attached hydrogens (tertiary/aromatic N) is 3. The fourth-order valence-corrected chi connectivity index (χ4v) is 5.18. The third-order valence-electron chi connectivity index (χ3n) is 7.02. The van der Waals surface area contributed by atoms with Crippen LogP contribution in [-0.2, 0) is 13.0 Å². The summed E-state index contributed by atoms with van der Waals surface area (Å²) in [5.74, 6) is 0.231. The second-order valence-electron chi connectivity index (χ2n) is 9.46. The molecule has 4 N–H and O–H groups in total. The van der Waals surface area contributed by atoms with Gasteiger partial charge in [-0.25, -0.2) is 4.98 Å². The molecule has 7 heteroatoms. The number of likely N-dealkylation sites (tertiary alicyclic amines) is 1. The number of aromatic nitrogens is 3. The number of H-pyrrole nitrogens is 1. The van der Waals surface area contributed by atoms with Crippen molar-refractivity contribution in [1.29, 1.82) is 5.41 Å². The lowest BCUT2D eigenvalue weighted by Gasteiger charge is -2.39. The van der Waals surface area contributed by atoms with Gasteiger partial charge in [0.25, 0.3) is 5.56 Å². The van der Waals surface area contributed by atoms with Crippen LogP contribution >= 0.6 is 0 Å². The fraction of sp³-hybridized carbons (Fsp3) is 0.500. The van der Waals surface area contributed by atoms with Crippen molar-refractivity contribution in [2.45, 2.75) is 77.4 Å². The molecule has 33 heavy (non-hydrogen) atoms. The average molecular weight is 449 g/mol. The molecule has 0 spiro atoms. The maximum Gasteiger partial charge on any atom is 0.254 e. The minimum atomic E-state index is -0.106. The second kappa shape index (κ2) is 10.3. The molecule has 4 rings (SSSR count). The van der Waals surface area contributed by atoms with Gasteiger partial charge in [0.2, 0.25) is 0 Å². The van der Waals surface area contributed by atoms with E-state index in [1.807, 2.05) is 28.8 Å². The molecule has 176 valence electrons. The van der Waals surface area contributed by atoms with Crippen molar-refractivity contribution < 1.29 is 0 Å². The van der Waals surface area contributed by atoms with Crippen LogP contribution in [0, 0.1) is 5.41 Å². The first-order valence-electron chi connectivity index (χ1n) is 12.2. The quantitative estimate of drug-likeness (QED) is 0.261. The average Bonchev–Trinajstić information content (AvgIpc) is 3.26. The van der Waals surface area contributed by atoms with E-state index in [9.17, 15) is 4.79 Å². The number of piperidine rings is 1. The van der Waals surface area contributed by atoms with Crippen LogP contribution in [0.5, 0.6) is 0 Å². The molecule has 2 aromatic heterocycles. The lowest BCUT2D eigenvalue weighted by molar-refractivity contribution is 0.101. The zero-order valence-corrected chi connectivity index (χ0v) is 19.8. The molecule has 3 heterocycles. The second-order valence-corrected chi connectivity index (χ2v) is 9.46. The van der Waals surface area contributed by atoms with Gasteiger partial charge in [0, 0.05) is 42.5 Å². The largest absolute Gasteiger partial charge is 0.381 e. The Bertz CT molecular complexity index is 1150. The van der Waals surface area contributed by atoms with E-state index in [1.54, 1.807) is 6.20 Å². The molecule has 1 saturated heterocycles. The first-order valence-corrected chi connectivity index (χ1v) is 12.2. The molecule has 1 aliphatic heterocycles. The molecular formula is C26H36N6O. The Hall–Kier alpha value is -2.93. The summed E-state index contributed by atoms with van der Waals surface area (Å²) in [6, 6.07) is 11.4. The van der Waals surface area contributed by atoms with E-state index in [2.05, 4.69) is 34.8 Å². The molecule has 0 bridgehead atoms. The van der Waals surface area contributed by atoms with Crippen molar-refractivity contribution in [2.24, 2.45) is 5.73 Å². The molecule has 2 atom stereocenters. The number of pyridine rings is 1. The predicted molar refractivity (Wildman–Crippen MR) is 134 cm³/mol. The number of nitrogens with two attached hydrogens (primary N) is 1. The Balaban J connectivity index is 1.45. The van der Waals surface area contributed by atoms with Crippen LogP contribution in [0.3, 0.4) is 0 Å². The van der Waals surface area contributed by atoms with Crippen LogP contribution in [0.4, 0.5) is 0 Å². The standard InChI is InChI=1S/C26H36N6O/c1-18-9-8-10-19(2)31(18)13-6-3-7-14-32-23-12-5-4-11-20(23)15-21(26(32)33)16-22-17-29-25(30-22)24(27)28/h4-5,11-12,15,17-19H,3,6-10,13-14,16H2,1-2H3,(H3,27,28)(H,29,30)/t18-,19-/m0/s1. The molecule has 0 aliphatic carbocycles. The maximum atomic E-state index is 13.4. The summed E-state index contributed by atoms with van der Waals surface area (Å²) in [5, 5.41) is 8.59. The fourth-order valence-electron chi connectivity index (χ4n) is 5.18. The molecule has 0 radical (unpaired) electrons. The van der Waals surface area contributed by atoms with E-state index in [4.69, 9.17) is 11.1 Å². The van der Waals surface area contributed by atoms with Crippen LogP contribution in [0.15, 0.2) is 41.3 Å². The van der Waals surface area contributed by atoms with Crippen molar-refractivity contribution in [3.05, 3.63) is 64.0 Å². The number of aromatic amines is 1. The highest BCUT2D eigenvalue weighted by molar-refractivity contribution is 5.91. The zero-order valence-electron chi connectivity index (χ0n) is 19.8. The van der Waals surface area contributed by atoms with E-state index >= 15 is 0 Å². The number of para-hydroxylation sites is 1. The van der Waals surface area contributed by atoms with Crippen LogP contribution in [0.25, 0.3) is 10.9 Å². The number of hydrogen-bond acceptors (Lipinski definition) is 4. The summed E-state index contributed by atoms with van der Waals surface area (Å²) in [7, 11) is 0. The normalized spacial score (nSPS) is 19.2. The number of amidine groups is 1. The van der Waals surface area contributed by atoms with Gasteiger partial charge in [-0.05, 0) is 63.6 Å². The third-order valence-corrected chi connectivity index (χ3v) is 7.02. The van der Waals surface area contributed by atoms with Crippen LogP contribution in [0.1, 0.15) is 69.5 Å². The minimum absolute atomic E-state index is 0.0472. The SMILES string of the molecule is C[C@H]1CCC[C@H](C)N1CCCCCn1c(=O)c(Cc2cnc(C(=N)N)[nH]2)cc2ccccc21. The molecule has 7 nitrogen and oxygen atoms in total. The number of benzene rings is 1. The number of imidazole rings is 1. The van der Waals surface area contributed by atoms with Gasteiger partial charge in [-0.3, -0.25) is 15.1 Å². The van der Waals surface area contributed by atoms with Crippen molar-refractivity contribution in [3.63, 3.8) is 0 Å². The number of fused-ring (bicyclic) bond motifs is 1. The molecule has 0 saturated carbocycles. The van der Waals surface area contributed by atoms with Crippen LogP contribution in [0.2, 0.25) is 0 Å². The Morgan fingerprint density at radius 1 is 1.15 bits per heavy atom. The molecular weight excluding hydrogens is 412 g/mol. The summed E-state index contributed by atoms with van der Waals surface area (Å²) in [6.45, 7) is 6.58. The van der Waals surface area contributed by atoms with Crippen molar-refractivity contribution >= 4 is 16.7 Å². The first-order chi connectivity index (χ1) is 15.9. The lowest BCUT2D eigenvalue weighted by atomic mass is 9.97. The highest BCUT2D eigenvalue weighted by Gasteiger charge is 2.23. The minimum Gasteiger partial charge on any atom is -0.381 e. The van der Waals surface area contributed by atoms with Gasteiger partial charge < -0.3 is 15.3 Å². The smallest absolute Gasteiger partial charge is 0.254 e. The Morgan fingerprint density at radius 3 is 2.61 bits per heavy atom. The monoisotopic (exact) mass is 448 g/mol. The molecule has 1 fully saturated rings. The van der Waals surface area contributed by atoms with E-state index in [-0.39, 0.29) is 11.4 Å². The molecule has 1 aliphatic rings. The highest BCUT2D eigenvalue weighted by Crippen LogP contribution is 2.23. The summed E-state index contributed by atoms with van der Waals surface area (Å²) in [4.78, 5) is 23.2. The molecule has 1 aromatic carbocycles.